The quantitative estimate of drug-likeness (QED) is 0.569. The Labute approximate surface area is 188 Å². The molecule has 0 bridgehead atoms. The molecule has 1 amide bonds. The zero-order valence-electron chi connectivity index (χ0n) is 18.3. The molecule has 170 valence electrons. The molecule has 0 saturated carbocycles. The highest BCUT2D eigenvalue weighted by atomic mass is 32.2. The van der Waals surface area contributed by atoms with Gasteiger partial charge in [-0.15, -0.1) is 0 Å². The number of likely N-dealkylation sites (tertiary alicyclic amines) is 1. The van der Waals surface area contributed by atoms with Crippen LogP contribution in [0.15, 0.2) is 42.7 Å². The van der Waals surface area contributed by atoms with Crippen LogP contribution < -0.4 is 9.46 Å². The van der Waals surface area contributed by atoms with Gasteiger partial charge in [0, 0.05) is 44.5 Å². The van der Waals surface area contributed by atoms with Gasteiger partial charge in [0.15, 0.2) is 0 Å². The summed E-state index contributed by atoms with van der Waals surface area (Å²) in [5, 5.41) is 0.927. The molecular weight excluding hydrogens is 428 g/mol. The fraction of sp³-hybridized carbons (Fsp3) is 0.391. The summed E-state index contributed by atoms with van der Waals surface area (Å²) in [6, 6.07) is 9.64. The molecule has 2 aromatic heterocycles. The van der Waals surface area contributed by atoms with E-state index in [9.17, 15) is 13.2 Å². The molecule has 0 radical (unpaired) electrons. The Morgan fingerprint density at radius 1 is 1.22 bits per heavy atom. The van der Waals surface area contributed by atoms with Crippen LogP contribution in [0.2, 0.25) is 0 Å². The number of hydrogen-bond donors (Lipinski definition) is 2. The van der Waals surface area contributed by atoms with E-state index in [1.54, 1.807) is 13.1 Å². The fourth-order valence-electron chi connectivity index (χ4n) is 4.01. The zero-order chi connectivity index (χ0) is 22.7. The van der Waals surface area contributed by atoms with Gasteiger partial charge in [0.05, 0.1) is 18.2 Å². The third-order valence-corrected chi connectivity index (χ3v) is 6.54. The van der Waals surface area contributed by atoms with Crippen LogP contribution >= 0.6 is 0 Å². The number of ether oxygens (including phenoxy) is 1. The van der Waals surface area contributed by atoms with Crippen molar-refractivity contribution in [2.45, 2.75) is 26.3 Å². The van der Waals surface area contributed by atoms with Crippen LogP contribution in [-0.4, -0.2) is 55.1 Å². The van der Waals surface area contributed by atoms with Crippen LogP contribution in [0.4, 0.5) is 0 Å². The van der Waals surface area contributed by atoms with E-state index >= 15 is 0 Å². The molecule has 1 aliphatic heterocycles. The first-order valence-electron chi connectivity index (χ1n) is 10.7. The summed E-state index contributed by atoms with van der Waals surface area (Å²) in [5.74, 6) is 1.33. The Morgan fingerprint density at radius 3 is 2.59 bits per heavy atom. The normalized spacial score (nSPS) is 15.2. The summed E-state index contributed by atoms with van der Waals surface area (Å²) in [4.78, 5) is 21.1. The van der Waals surface area contributed by atoms with Gasteiger partial charge in [0.25, 0.3) is 0 Å². The van der Waals surface area contributed by atoms with E-state index in [1.165, 1.54) is 0 Å². The predicted octanol–water partition coefficient (Wildman–Crippen LogP) is 2.92. The van der Waals surface area contributed by atoms with E-state index in [0.29, 0.717) is 12.5 Å². The van der Waals surface area contributed by atoms with Crippen LogP contribution in [0, 0.1) is 5.92 Å². The Morgan fingerprint density at radius 2 is 1.94 bits per heavy atom. The van der Waals surface area contributed by atoms with Crippen LogP contribution in [0.1, 0.15) is 25.3 Å². The zero-order valence-corrected chi connectivity index (χ0v) is 19.1. The number of pyridine rings is 1. The second-order valence-corrected chi connectivity index (χ2v) is 10.1. The maximum atomic E-state index is 11.5. The smallest absolute Gasteiger partial charge is 0.219 e. The molecule has 3 heterocycles. The summed E-state index contributed by atoms with van der Waals surface area (Å²) in [5.41, 5.74) is 3.61. The Bertz CT molecular complexity index is 1200. The molecule has 0 aliphatic carbocycles. The van der Waals surface area contributed by atoms with Gasteiger partial charge in [-0.25, -0.2) is 18.1 Å². The van der Waals surface area contributed by atoms with Crippen molar-refractivity contribution in [1.29, 1.82) is 0 Å². The lowest BCUT2D eigenvalue weighted by molar-refractivity contribution is -0.130. The maximum Gasteiger partial charge on any atom is 0.219 e. The van der Waals surface area contributed by atoms with E-state index in [-0.39, 0.29) is 12.5 Å². The van der Waals surface area contributed by atoms with Gasteiger partial charge in [0.1, 0.15) is 11.4 Å². The fourth-order valence-corrected chi connectivity index (χ4v) is 4.44. The van der Waals surface area contributed by atoms with Crippen molar-refractivity contribution in [2.75, 3.05) is 26.0 Å². The van der Waals surface area contributed by atoms with Gasteiger partial charge >= 0.3 is 0 Å². The number of aromatic amines is 1. The minimum absolute atomic E-state index is 0.135. The number of fused-ring (bicyclic) bond motifs is 1. The number of nitrogens with zero attached hydrogens (tertiary/aromatic N) is 2. The second kappa shape index (κ2) is 9.30. The number of benzene rings is 1. The molecule has 1 aliphatic rings. The van der Waals surface area contributed by atoms with Crippen molar-refractivity contribution in [3.05, 3.63) is 48.3 Å². The highest BCUT2D eigenvalue weighted by Gasteiger charge is 2.22. The number of sulfonamides is 1. The molecule has 1 saturated heterocycles. The van der Waals surface area contributed by atoms with Gasteiger partial charge < -0.3 is 14.6 Å². The van der Waals surface area contributed by atoms with Gasteiger partial charge in [-0.3, -0.25) is 4.79 Å². The summed E-state index contributed by atoms with van der Waals surface area (Å²) in [6.45, 7) is 4.04. The molecule has 0 atom stereocenters. The van der Waals surface area contributed by atoms with E-state index in [1.807, 2.05) is 41.4 Å². The van der Waals surface area contributed by atoms with Crippen molar-refractivity contribution >= 4 is 27.0 Å². The number of rotatable bonds is 7. The van der Waals surface area contributed by atoms with Crippen molar-refractivity contribution < 1.29 is 17.9 Å². The van der Waals surface area contributed by atoms with E-state index in [2.05, 4.69) is 14.7 Å². The average molecular weight is 457 g/mol. The number of carbonyl (C=O) groups excluding carboxylic acids is 1. The number of piperidine rings is 1. The topological polar surface area (TPSA) is 104 Å². The first-order valence-corrected chi connectivity index (χ1v) is 12.6. The average Bonchev–Trinajstić information content (AvgIpc) is 3.21. The van der Waals surface area contributed by atoms with Gasteiger partial charge in [-0.2, -0.15) is 0 Å². The number of nitrogens with one attached hydrogen (secondary N) is 2. The monoisotopic (exact) mass is 456 g/mol. The van der Waals surface area contributed by atoms with E-state index in [0.717, 1.165) is 65.7 Å². The second-order valence-electron chi connectivity index (χ2n) is 8.29. The molecule has 2 N–H and O–H groups in total. The van der Waals surface area contributed by atoms with Crippen LogP contribution in [0.3, 0.4) is 0 Å². The van der Waals surface area contributed by atoms with E-state index < -0.39 is 10.0 Å². The molecule has 1 fully saturated rings. The Balaban J connectivity index is 1.49. The summed E-state index contributed by atoms with van der Waals surface area (Å²) in [7, 11) is -3.23. The molecule has 0 unspecified atom stereocenters. The predicted molar refractivity (Wildman–Crippen MR) is 124 cm³/mol. The highest BCUT2D eigenvalue weighted by Crippen LogP contribution is 2.35. The summed E-state index contributed by atoms with van der Waals surface area (Å²) >= 11 is 0. The molecule has 4 rings (SSSR count). The maximum absolute atomic E-state index is 11.5. The lowest BCUT2D eigenvalue weighted by atomic mass is 9.98. The molecule has 3 aromatic rings. The largest absolute Gasteiger partial charge is 0.492 e. The van der Waals surface area contributed by atoms with Crippen LogP contribution in [-0.2, 0) is 21.4 Å². The molecule has 1 aromatic carbocycles. The van der Waals surface area contributed by atoms with E-state index in [4.69, 9.17) is 4.74 Å². The van der Waals surface area contributed by atoms with Crippen molar-refractivity contribution in [3.63, 3.8) is 0 Å². The molecule has 8 nitrogen and oxygen atoms in total. The van der Waals surface area contributed by atoms with Gasteiger partial charge in [-0.05, 0) is 36.0 Å². The number of aromatic nitrogens is 2. The molecule has 32 heavy (non-hydrogen) atoms. The first kappa shape index (κ1) is 22.3. The lowest BCUT2D eigenvalue weighted by Gasteiger charge is -2.31. The third kappa shape index (κ3) is 5.28. The van der Waals surface area contributed by atoms with Gasteiger partial charge in [-0.1, -0.05) is 24.3 Å². The molecule has 9 heteroatoms. The summed E-state index contributed by atoms with van der Waals surface area (Å²) < 4.78 is 31.4. The highest BCUT2D eigenvalue weighted by molar-refractivity contribution is 7.88. The van der Waals surface area contributed by atoms with Crippen LogP contribution in [0.25, 0.3) is 22.2 Å². The number of amides is 1. The number of H-pyrrole nitrogens is 1. The van der Waals surface area contributed by atoms with Crippen molar-refractivity contribution in [1.82, 2.24) is 19.6 Å². The minimum Gasteiger partial charge on any atom is -0.492 e. The first-order chi connectivity index (χ1) is 15.3. The van der Waals surface area contributed by atoms with Crippen molar-refractivity contribution in [2.24, 2.45) is 5.92 Å². The Hall–Kier alpha value is -2.91. The SMILES string of the molecule is CC(=O)N1CCC(COc2ccnc3[nH]cc(-c4ccc(CNS(C)(=O)=O)cc4)c23)CC1. The van der Waals surface area contributed by atoms with Crippen molar-refractivity contribution in [3.8, 4) is 16.9 Å². The third-order valence-electron chi connectivity index (χ3n) is 5.87. The standard InChI is InChI=1S/C23H28N4O4S/c1-16(28)27-11-8-18(9-12-27)15-31-21-7-10-24-23-22(21)20(14-25-23)19-5-3-17(4-6-19)13-26-32(2,29)30/h3-7,10,14,18,26H,8-9,11-13,15H2,1-2H3,(H,24,25). The summed E-state index contributed by atoms with van der Waals surface area (Å²) in [6.07, 6.45) is 6.68. The number of hydrogen-bond acceptors (Lipinski definition) is 5. The minimum atomic E-state index is -3.23. The lowest BCUT2D eigenvalue weighted by Crippen LogP contribution is -2.38. The molecular formula is C23H28N4O4S. The number of carbonyl (C=O) groups is 1. The van der Waals surface area contributed by atoms with Gasteiger partial charge in [0.2, 0.25) is 15.9 Å². The molecule has 0 spiro atoms. The Kier molecular flexibility index (Phi) is 6.48. The van der Waals surface area contributed by atoms with Crippen LogP contribution in [0.5, 0.6) is 5.75 Å².